The second kappa shape index (κ2) is 6.02. The van der Waals surface area contributed by atoms with Crippen LogP contribution in [0.5, 0.6) is 0 Å². The lowest BCUT2D eigenvalue weighted by Gasteiger charge is -2.21. The predicted octanol–water partition coefficient (Wildman–Crippen LogP) is 2.16. The Bertz CT molecular complexity index is 423. The average Bonchev–Trinajstić information content (AvgIpc) is 2.95. The summed E-state index contributed by atoms with van der Waals surface area (Å²) >= 11 is 7.50. The van der Waals surface area contributed by atoms with Crippen LogP contribution in [0.2, 0.25) is 5.02 Å². The first kappa shape index (κ1) is 13.8. The van der Waals surface area contributed by atoms with Crippen molar-refractivity contribution in [1.82, 2.24) is 4.90 Å². The van der Waals surface area contributed by atoms with Gasteiger partial charge in [-0.05, 0) is 6.07 Å². The summed E-state index contributed by atoms with van der Waals surface area (Å²) in [5.41, 5.74) is 0. The molecule has 0 N–H and O–H groups in total. The Balaban J connectivity index is 2.06. The number of methoxy groups -OCH3 is 2. The highest BCUT2D eigenvalue weighted by atomic mass is 35.5. The zero-order chi connectivity index (χ0) is 13.1. The summed E-state index contributed by atoms with van der Waals surface area (Å²) in [6, 6.07) is 1.71. The van der Waals surface area contributed by atoms with Crippen molar-refractivity contribution in [1.29, 1.82) is 0 Å². The Morgan fingerprint density at radius 2 is 2.39 bits per heavy atom. The first-order valence-corrected chi connectivity index (χ1v) is 6.97. The molecule has 0 unspecified atom stereocenters. The zero-order valence-corrected chi connectivity index (χ0v) is 12.0. The van der Waals surface area contributed by atoms with Crippen LogP contribution in [-0.2, 0) is 20.8 Å². The van der Waals surface area contributed by atoms with Gasteiger partial charge in [-0.15, -0.1) is 11.3 Å². The minimum Gasteiger partial charge on any atom is -0.468 e. The fourth-order valence-electron chi connectivity index (χ4n) is 2.23. The van der Waals surface area contributed by atoms with E-state index >= 15 is 0 Å². The molecule has 1 aromatic rings. The van der Waals surface area contributed by atoms with Crippen molar-refractivity contribution in [2.75, 3.05) is 20.8 Å². The number of carbonyl (C=O) groups is 1. The lowest BCUT2D eigenvalue weighted by Crippen LogP contribution is -2.36. The van der Waals surface area contributed by atoms with Crippen LogP contribution in [0.4, 0.5) is 0 Å². The van der Waals surface area contributed by atoms with Crippen molar-refractivity contribution < 1.29 is 14.3 Å². The highest BCUT2D eigenvalue weighted by molar-refractivity contribution is 7.10. The molecule has 2 atom stereocenters. The molecule has 0 amide bonds. The Kier molecular flexibility index (Phi) is 4.61. The van der Waals surface area contributed by atoms with E-state index in [0.29, 0.717) is 13.0 Å². The van der Waals surface area contributed by atoms with Gasteiger partial charge in [0.2, 0.25) is 0 Å². The predicted molar refractivity (Wildman–Crippen MR) is 71.0 cm³/mol. The topological polar surface area (TPSA) is 38.8 Å². The van der Waals surface area contributed by atoms with Crippen molar-refractivity contribution in [2.24, 2.45) is 0 Å². The lowest BCUT2D eigenvalue weighted by molar-refractivity contribution is -0.146. The molecule has 0 aromatic carbocycles. The molecule has 4 nitrogen and oxygen atoms in total. The van der Waals surface area contributed by atoms with Crippen molar-refractivity contribution in [2.45, 2.75) is 25.1 Å². The molecule has 1 aromatic heterocycles. The summed E-state index contributed by atoms with van der Waals surface area (Å²) in [4.78, 5) is 15.0. The number of rotatable bonds is 4. The second-order valence-electron chi connectivity index (χ2n) is 4.29. The maximum Gasteiger partial charge on any atom is 0.323 e. The molecule has 1 fully saturated rings. The smallest absolute Gasteiger partial charge is 0.323 e. The number of likely N-dealkylation sites (tertiary alicyclic amines) is 1. The molecule has 18 heavy (non-hydrogen) atoms. The van der Waals surface area contributed by atoms with E-state index in [1.165, 1.54) is 7.11 Å². The van der Waals surface area contributed by atoms with Gasteiger partial charge in [-0.2, -0.15) is 0 Å². The van der Waals surface area contributed by atoms with Crippen LogP contribution in [0.25, 0.3) is 0 Å². The normalized spacial score (nSPS) is 24.4. The molecule has 2 rings (SSSR count). The molecule has 1 saturated heterocycles. The third-order valence-corrected chi connectivity index (χ3v) is 4.42. The van der Waals surface area contributed by atoms with E-state index in [1.54, 1.807) is 18.4 Å². The van der Waals surface area contributed by atoms with E-state index in [1.807, 2.05) is 11.4 Å². The summed E-state index contributed by atoms with van der Waals surface area (Å²) in [5, 5.41) is 2.64. The second-order valence-corrected chi connectivity index (χ2v) is 5.73. The van der Waals surface area contributed by atoms with Gasteiger partial charge in [0, 0.05) is 36.9 Å². The number of hydrogen-bond donors (Lipinski definition) is 0. The lowest BCUT2D eigenvalue weighted by atomic mass is 10.2. The molecule has 0 saturated carbocycles. The van der Waals surface area contributed by atoms with Crippen LogP contribution < -0.4 is 0 Å². The molecule has 0 aliphatic carbocycles. The fraction of sp³-hybridized carbons (Fsp3) is 0.583. The summed E-state index contributed by atoms with van der Waals surface area (Å²) in [5.74, 6) is -0.197. The van der Waals surface area contributed by atoms with Crippen LogP contribution in [0.1, 0.15) is 11.3 Å². The number of halogens is 1. The van der Waals surface area contributed by atoms with Gasteiger partial charge in [-0.1, -0.05) is 11.6 Å². The summed E-state index contributed by atoms with van der Waals surface area (Å²) < 4.78 is 10.2. The molecule has 0 radical (unpaired) electrons. The maximum absolute atomic E-state index is 11.7. The first-order valence-electron chi connectivity index (χ1n) is 5.71. The molecule has 1 aliphatic heterocycles. The van der Waals surface area contributed by atoms with E-state index in [0.717, 1.165) is 16.4 Å². The number of carbonyl (C=O) groups excluding carboxylic acids is 1. The molecule has 6 heteroatoms. The molecule has 1 aliphatic rings. The quantitative estimate of drug-likeness (QED) is 0.796. The van der Waals surface area contributed by atoms with Crippen molar-refractivity contribution in [3.8, 4) is 0 Å². The molecule has 100 valence electrons. The summed E-state index contributed by atoms with van der Waals surface area (Å²) in [7, 11) is 3.09. The van der Waals surface area contributed by atoms with Gasteiger partial charge in [0.15, 0.2) is 0 Å². The zero-order valence-electron chi connectivity index (χ0n) is 10.4. The summed E-state index contributed by atoms with van der Waals surface area (Å²) in [6.07, 6.45) is 0.770. The van der Waals surface area contributed by atoms with Crippen LogP contribution in [0, 0.1) is 0 Å². The highest BCUT2D eigenvalue weighted by Crippen LogP contribution is 2.26. The van der Waals surface area contributed by atoms with Crippen LogP contribution in [-0.4, -0.2) is 43.8 Å². The Morgan fingerprint density at radius 3 is 2.94 bits per heavy atom. The number of hydrogen-bond acceptors (Lipinski definition) is 5. The van der Waals surface area contributed by atoms with Crippen LogP contribution >= 0.6 is 22.9 Å². The van der Waals surface area contributed by atoms with Gasteiger partial charge in [-0.25, -0.2) is 0 Å². The van der Waals surface area contributed by atoms with Gasteiger partial charge < -0.3 is 9.47 Å². The Morgan fingerprint density at radius 1 is 1.61 bits per heavy atom. The SMILES string of the molecule is COC(=O)[C@@H]1C[C@@H](OC)CN1Cc1cc(Cl)cs1. The minimum absolute atomic E-state index is 0.0875. The van der Waals surface area contributed by atoms with E-state index < -0.39 is 0 Å². The molecule has 0 spiro atoms. The van der Waals surface area contributed by atoms with Crippen molar-refractivity contribution >= 4 is 28.9 Å². The molecule has 0 bridgehead atoms. The summed E-state index contributed by atoms with van der Waals surface area (Å²) in [6.45, 7) is 1.45. The first-order chi connectivity index (χ1) is 8.63. The van der Waals surface area contributed by atoms with Gasteiger partial charge in [0.1, 0.15) is 6.04 Å². The minimum atomic E-state index is -0.221. The van der Waals surface area contributed by atoms with Gasteiger partial charge >= 0.3 is 5.97 Å². The van der Waals surface area contributed by atoms with Gasteiger partial charge in [0.25, 0.3) is 0 Å². The van der Waals surface area contributed by atoms with E-state index in [2.05, 4.69) is 4.90 Å². The van der Waals surface area contributed by atoms with Crippen molar-refractivity contribution in [3.05, 3.63) is 21.3 Å². The number of esters is 1. The third-order valence-electron chi connectivity index (χ3n) is 3.15. The number of thiophene rings is 1. The monoisotopic (exact) mass is 289 g/mol. The maximum atomic E-state index is 11.7. The Hall–Kier alpha value is -0.620. The van der Waals surface area contributed by atoms with Gasteiger partial charge in [-0.3, -0.25) is 9.69 Å². The number of ether oxygens (including phenoxy) is 2. The highest BCUT2D eigenvalue weighted by Gasteiger charge is 2.37. The number of nitrogens with zero attached hydrogens (tertiary/aromatic N) is 1. The van der Waals surface area contributed by atoms with E-state index in [9.17, 15) is 4.79 Å². The molecular formula is C12H16ClNO3S. The standard InChI is InChI=1S/C12H16ClNO3S/c1-16-9-4-11(12(15)17-2)14(5-9)6-10-3-8(13)7-18-10/h3,7,9,11H,4-6H2,1-2H3/t9-,11+/m1/s1. The fourth-order valence-corrected chi connectivity index (χ4v) is 3.32. The average molecular weight is 290 g/mol. The third kappa shape index (κ3) is 3.03. The molecule has 2 heterocycles. The van der Waals surface area contributed by atoms with Crippen LogP contribution in [0.3, 0.4) is 0 Å². The van der Waals surface area contributed by atoms with Gasteiger partial charge in [0.05, 0.1) is 18.2 Å². The Labute approximate surface area is 115 Å². The van der Waals surface area contributed by atoms with Crippen molar-refractivity contribution in [3.63, 3.8) is 0 Å². The van der Waals surface area contributed by atoms with E-state index in [4.69, 9.17) is 21.1 Å². The molecular weight excluding hydrogens is 274 g/mol. The van der Waals surface area contributed by atoms with E-state index in [-0.39, 0.29) is 18.1 Å². The van der Waals surface area contributed by atoms with Crippen LogP contribution in [0.15, 0.2) is 11.4 Å². The largest absolute Gasteiger partial charge is 0.468 e.